The molecule has 1 aliphatic heterocycles. The number of rotatable bonds is 4. The number of halogens is 1. The standard InChI is InChI=1S/C24H21N3OS2.ClH/c1-27-14-13-17-20(15-27)30-24(26-21(28)12-11-16-7-3-2-4-8-16)22(17)23-25-18-9-5-6-10-19(18)29-23;/h2-12H,13-15H2,1H3,(H,26,28);1H/b12-11-;. The first-order valence-electron chi connectivity index (χ1n) is 9.90. The predicted molar refractivity (Wildman–Crippen MR) is 134 cm³/mol. The second-order valence-corrected chi connectivity index (χ2v) is 9.55. The first-order valence-corrected chi connectivity index (χ1v) is 11.5. The van der Waals surface area contributed by atoms with Gasteiger partial charge in [-0.15, -0.1) is 35.1 Å². The summed E-state index contributed by atoms with van der Waals surface area (Å²) in [5.74, 6) is -0.117. The Kier molecular flexibility index (Phi) is 6.53. The van der Waals surface area contributed by atoms with Crippen molar-refractivity contribution in [1.82, 2.24) is 9.88 Å². The minimum atomic E-state index is -0.117. The van der Waals surface area contributed by atoms with Gasteiger partial charge >= 0.3 is 0 Å². The van der Waals surface area contributed by atoms with Gasteiger partial charge in [-0.05, 0) is 42.8 Å². The number of thiophene rings is 1. The molecule has 1 amide bonds. The van der Waals surface area contributed by atoms with Crippen molar-refractivity contribution in [1.29, 1.82) is 0 Å². The average molecular weight is 468 g/mol. The first kappa shape index (κ1) is 21.7. The summed E-state index contributed by atoms with van der Waals surface area (Å²) < 4.78 is 1.17. The Morgan fingerprint density at radius 3 is 2.68 bits per heavy atom. The van der Waals surface area contributed by atoms with Gasteiger partial charge in [0.2, 0.25) is 5.91 Å². The second-order valence-electron chi connectivity index (χ2n) is 7.42. The lowest BCUT2D eigenvalue weighted by Crippen LogP contribution is -2.25. The van der Waals surface area contributed by atoms with Crippen LogP contribution >= 0.6 is 35.1 Å². The molecule has 2 aromatic carbocycles. The Balaban J connectivity index is 0.00000231. The normalized spacial score (nSPS) is 13.8. The number of fused-ring (bicyclic) bond motifs is 2. The summed E-state index contributed by atoms with van der Waals surface area (Å²) in [5, 5.41) is 5.02. The molecule has 0 fully saturated rings. The van der Waals surface area contributed by atoms with E-state index in [4.69, 9.17) is 4.98 Å². The quantitative estimate of drug-likeness (QED) is 0.369. The molecule has 3 heterocycles. The van der Waals surface area contributed by atoms with Crippen LogP contribution in [0.2, 0.25) is 0 Å². The Bertz CT molecular complexity index is 1210. The topological polar surface area (TPSA) is 45.2 Å². The van der Waals surface area contributed by atoms with Crippen molar-refractivity contribution < 1.29 is 4.79 Å². The summed E-state index contributed by atoms with van der Waals surface area (Å²) in [5.41, 5.74) is 4.45. The van der Waals surface area contributed by atoms with Crippen molar-refractivity contribution in [3.63, 3.8) is 0 Å². The minimum absolute atomic E-state index is 0. The van der Waals surface area contributed by atoms with E-state index in [1.54, 1.807) is 28.7 Å². The van der Waals surface area contributed by atoms with E-state index in [9.17, 15) is 4.79 Å². The van der Waals surface area contributed by atoms with Crippen molar-refractivity contribution in [3.8, 4) is 10.6 Å². The van der Waals surface area contributed by atoms with E-state index < -0.39 is 0 Å². The summed E-state index contributed by atoms with van der Waals surface area (Å²) in [7, 11) is 2.14. The van der Waals surface area contributed by atoms with Gasteiger partial charge in [0.1, 0.15) is 10.0 Å². The van der Waals surface area contributed by atoms with E-state index in [1.165, 1.54) is 15.1 Å². The molecule has 0 bridgehead atoms. The number of thiazole rings is 1. The van der Waals surface area contributed by atoms with Crippen molar-refractivity contribution in [2.75, 3.05) is 18.9 Å². The third-order valence-electron chi connectivity index (χ3n) is 5.22. The van der Waals surface area contributed by atoms with Gasteiger partial charge in [0.05, 0.1) is 10.2 Å². The zero-order chi connectivity index (χ0) is 20.5. The highest BCUT2D eigenvalue weighted by Gasteiger charge is 2.26. The van der Waals surface area contributed by atoms with Gasteiger partial charge in [-0.2, -0.15) is 0 Å². The summed E-state index contributed by atoms with van der Waals surface area (Å²) in [6.45, 7) is 1.93. The van der Waals surface area contributed by atoms with Gasteiger partial charge in [-0.3, -0.25) is 4.79 Å². The van der Waals surface area contributed by atoms with Gasteiger partial charge in [0.15, 0.2) is 0 Å². The molecule has 1 aliphatic rings. The molecule has 0 spiro atoms. The number of likely N-dealkylation sites (N-methyl/N-ethyl adjacent to an activating group) is 1. The minimum Gasteiger partial charge on any atom is -0.313 e. The van der Waals surface area contributed by atoms with Gasteiger partial charge in [0.25, 0.3) is 0 Å². The Labute approximate surface area is 195 Å². The van der Waals surface area contributed by atoms with Gasteiger partial charge < -0.3 is 10.2 Å². The molecule has 0 saturated carbocycles. The molecule has 5 rings (SSSR count). The van der Waals surface area contributed by atoms with Crippen LogP contribution in [0, 0.1) is 0 Å². The molecular formula is C24H22ClN3OS2. The van der Waals surface area contributed by atoms with E-state index in [0.717, 1.165) is 46.2 Å². The van der Waals surface area contributed by atoms with E-state index >= 15 is 0 Å². The maximum Gasteiger partial charge on any atom is 0.249 e. The van der Waals surface area contributed by atoms with E-state index in [0.29, 0.717) is 0 Å². The molecular weight excluding hydrogens is 446 g/mol. The summed E-state index contributed by atoms with van der Waals surface area (Å²) in [4.78, 5) is 21.2. The van der Waals surface area contributed by atoms with E-state index in [1.807, 2.05) is 54.6 Å². The van der Waals surface area contributed by atoms with Gasteiger partial charge in [-0.1, -0.05) is 42.5 Å². The second kappa shape index (κ2) is 9.32. The summed E-state index contributed by atoms with van der Waals surface area (Å²) in [6, 6.07) is 18.1. The first-order chi connectivity index (χ1) is 14.7. The third-order valence-corrected chi connectivity index (χ3v) is 7.41. The summed E-state index contributed by atoms with van der Waals surface area (Å²) in [6.07, 6.45) is 4.42. The van der Waals surface area contributed by atoms with Crippen molar-refractivity contribution in [2.24, 2.45) is 0 Å². The Morgan fingerprint density at radius 2 is 1.87 bits per heavy atom. The lowest BCUT2D eigenvalue weighted by molar-refractivity contribution is -0.111. The van der Waals surface area contributed by atoms with Crippen molar-refractivity contribution in [3.05, 3.63) is 76.7 Å². The van der Waals surface area contributed by atoms with Crippen LogP contribution in [0.15, 0.2) is 60.7 Å². The lowest BCUT2D eigenvalue weighted by atomic mass is 10.0. The predicted octanol–water partition coefficient (Wildman–Crippen LogP) is 6.09. The molecule has 7 heteroatoms. The molecule has 158 valence electrons. The highest BCUT2D eigenvalue weighted by Crippen LogP contribution is 2.45. The van der Waals surface area contributed by atoms with Crippen LogP contribution in [-0.2, 0) is 17.8 Å². The molecule has 0 atom stereocenters. The molecule has 0 unspecified atom stereocenters. The Hall–Kier alpha value is -2.51. The van der Waals surface area contributed by atoms with Crippen molar-refractivity contribution >= 4 is 62.3 Å². The molecule has 0 radical (unpaired) electrons. The molecule has 2 aromatic heterocycles. The number of anilines is 1. The number of para-hydroxylation sites is 1. The summed E-state index contributed by atoms with van der Waals surface area (Å²) >= 11 is 3.37. The molecule has 0 aliphatic carbocycles. The van der Waals surface area contributed by atoms with Crippen LogP contribution in [0.3, 0.4) is 0 Å². The number of carbonyl (C=O) groups excluding carboxylic acids is 1. The number of hydrogen-bond donors (Lipinski definition) is 1. The van der Waals surface area contributed by atoms with E-state index in [2.05, 4.69) is 23.3 Å². The van der Waals surface area contributed by atoms with Gasteiger partial charge in [0, 0.05) is 29.6 Å². The largest absolute Gasteiger partial charge is 0.313 e. The molecule has 4 nitrogen and oxygen atoms in total. The fourth-order valence-corrected chi connectivity index (χ4v) is 6.16. The highest BCUT2D eigenvalue weighted by molar-refractivity contribution is 7.22. The highest BCUT2D eigenvalue weighted by atomic mass is 35.5. The number of amides is 1. The number of nitrogens with one attached hydrogen (secondary N) is 1. The number of benzene rings is 2. The molecule has 0 saturated heterocycles. The van der Waals surface area contributed by atoms with Crippen LogP contribution < -0.4 is 5.32 Å². The van der Waals surface area contributed by atoms with E-state index in [-0.39, 0.29) is 18.3 Å². The smallest absolute Gasteiger partial charge is 0.249 e. The Morgan fingerprint density at radius 1 is 1.10 bits per heavy atom. The zero-order valence-electron chi connectivity index (χ0n) is 17.0. The monoisotopic (exact) mass is 467 g/mol. The number of aromatic nitrogens is 1. The van der Waals surface area contributed by atoms with Crippen LogP contribution in [0.4, 0.5) is 5.00 Å². The van der Waals surface area contributed by atoms with Crippen molar-refractivity contribution in [2.45, 2.75) is 13.0 Å². The number of nitrogens with zero attached hydrogens (tertiary/aromatic N) is 2. The fraction of sp³-hybridized carbons (Fsp3) is 0.167. The van der Waals surface area contributed by atoms with Gasteiger partial charge in [-0.25, -0.2) is 4.98 Å². The number of hydrogen-bond acceptors (Lipinski definition) is 5. The lowest BCUT2D eigenvalue weighted by Gasteiger charge is -2.22. The molecule has 1 N–H and O–H groups in total. The number of carbonyl (C=O) groups is 1. The maximum absolute atomic E-state index is 12.7. The average Bonchev–Trinajstić information content (AvgIpc) is 3.33. The molecule has 4 aromatic rings. The third kappa shape index (κ3) is 4.57. The molecule has 31 heavy (non-hydrogen) atoms. The van der Waals surface area contributed by atoms with Crippen LogP contribution in [0.25, 0.3) is 26.9 Å². The zero-order valence-corrected chi connectivity index (χ0v) is 19.4. The maximum atomic E-state index is 12.7. The van der Waals surface area contributed by atoms with Crippen LogP contribution in [0.1, 0.15) is 16.0 Å². The van der Waals surface area contributed by atoms with Crippen LogP contribution in [0.5, 0.6) is 0 Å². The SMILES string of the molecule is CN1CCc2c(sc(NC(=O)/C=C\c3ccccc3)c2-c2nc3ccccc3s2)C1.Cl. The fourth-order valence-electron chi connectivity index (χ4n) is 3.71. The van der Waals surface area contributed by atoms with Crippen LogP contribution in [-0.4, -0.2) is 29.4 Å².